The van der Waals surface area contributed by atoms with Crippen molar-refractivity contribution in [3.63, 3.8) is 0 Å². The van der Waals surface area contributed by atoms with Gasteiger partial charge in [0.05, 0.1) is 5.69 Å². The summed E-state index contributed by atoms with van der Waals surface area (Å²) in [5, 5.41) is 5.58. The molecule has 0 saturated carbocycles. The van der Waals surface area contributed by atoms with E-state index >= 15 is 0 Å². The summed E-state index contributed by atoms with van der Waals surface area (Å²) in [6.07, 6.45) is 0. The molecule has 6 heteroatoms. The van der Waals surface area contributed by atoms with Gasteiger partial charge in [-0.25, -0.2) is 4.79 Å². The Labute approximate surface area is 130 Å². The van der Waals surface area contributed by atoms with Gasteiger partial charge in [0, 0.05) is 19.6 Å². The maximum atomic E-state index is 12.0. The van der Waals surface area contributed by atoms with Gasteiger partial charge < -0.3 is 20.3 Å². The number of rotatable bonds is 4. The molecule has 3 amide bonds. The van der Waals surface area contributed by atoms with Crippen molar-refractivity contribution in [1.29, 1.82) is 0 Å². The molecule has 1 aliphatic rings. The van der Waals surface area contributed by atoms with Crippen LogP contribution in [0.3, 0.4) is 0 Å². The highest BCUT2D eigenvalue weighted by molar-refractivity contribution is 5.97. The number of hydrogen-bond acceptors (Lipinski definition) is 3. The number of fused-ring (bicyclic) bond motifs is 1. The van der Waals surface area contributed by atoms with Crippen LogP contribution in [0.2, 0.25) is 0 Å². The molecule has 2 N–H and O–H groups in total. The van der Waals surface area contributed by atoms with Gasteiger partial charge in [0.2, 0.25) is 0 Å². The molecule has 22 heavy (non-hydrogen) atoms. The van der Waals surface area contributed by atoms with Crippen LogP contribution < -0.4 is 20.3 Å². The molecular weight excluding hydrogens is 282 g/mol. The number of anilines is 1. The number of urea groups is 1. The topological polar surface area (TPSA) is 70.7 Å². The molecule has 0 fully saturated rings. The summed E-state index contributed by atoms with van der Waals surface area (Å²) >= 11 is 0. The zero-order valence-corrected chi connectivity index (χ0v) is 13.3. The van der Waals surface area contributed by atoms with E-state index in [1.807, 2.05) is 24.3 Å². The molecule has 0 atom stereocenters. The van der Waals surface area contributed by atoms with Crippen molar-refractivity contribution >= 4 is 17.6 Å². The van der Waals surface area contributed by atoms with Crippen LogP contribution in [0.4, 0.5) is 10.5 Å². The van der Waals surface area contributed by atoms with Crippen molar-refractivity contribution in [2.75, 3.05) is 31.1 Å². The molecule has 1 aromatic carbocycles. The third-order valence-corrected chi connectivity index (χ3v) is 3.21. The van der Waals surface area contributed by atoms with Crippen LogP contribution >= 0.6 is 0 Å². The van der Waals surface area contributed by atoms with Crippen molar-refractivity contribution in [1.82, 2.24) is 10.6 Å². The number of para-hydroxylation sites is 2. The minimum absolute atomic E-state index is 0.0350. The molecule has 6 nitrogen and oxygen atoms in total. The van der Waals surface area contributed by atoms with Gasteiger partial charge in [0.25, 0.3) is 5.91 Å². The van der Waals surface area contributed by atoms with E-state index in [0.29, 0.717) is 25.4 Å². The normalized spacial score (nSPS) is 14.1. The molecule has 120 valence electrons. The number of nitrogens with one attached hydrogen (secondary N) is 2. The predicted molar refractivity (Wildman–Crippen MR) is 85.1 cm³/mol. The number of ether oxygens (including phenoxy) is 1. The summed E-state index contributed by atoms with van der Waals surface area (Å²) in [7, 11) is 0. The standard InChI is InChI=1S/C16H23N3O3/c1-16(2,3)11-18-15(21)17-8-9-19-12-6-4-5-7-13(12)22-10-14(19)20/h4-7H,8-11H2,1-3H3,(H2,17,18,21). The van der Waals surface area contributed by atoms with Crippen LogP contribution in [0.1, 0.15) is 20.8 Å². The molecule has 0 bridgehead atoms. The largest absolute Gasteiger partial charge is 0.482 e. The number of hydrogen-bond donors (Lipinski definition) is 2. The van der Waals surface area contributed by atoms with E-state index in [-0.39, 0.29) is 24.0 Å². The molecule has 2 rings (SSSR count). The quantitative estimate of drug-likeness (QED) is 0.890. The zero-order valence-electron chi connectivity index (χ0n) is 13.3. The first-order chi connectivity index (χ1) is 10.4. The summed E-state index contributed by atoms with van der Waals surface area (Å²) in [6, 6.07) is 7.18. The molecule has 1 heterocycles. The monoisotopic (exact) mass is 305 g/mol. The van der Waals surface area contributed by atoms with Gasteiger partial charge in [-0.15, -0.1) is 0 Å². The highest BCUT2D eigenvalue weighted by Crippen LogP contribution is 2.30. The van der Waals surface area contributed by atoms with E-state index in [0.717, 1.165) is 5.69 Å². The van der Waals surface area contributed by atoms with Crippen LogP contribution in [-0.2, 0) is 4.79 Å². The molecule has 1 aromatic rings. The summed E-state index contributed by atoms with van der Waals surface area (Å²) in [6.45, 7) is 7.59. The maximum Gasteiger partial charge on any atom is 0.314 e. The lowest BCUT2D eigenvalue weighted by Crippen LogP contribution is -2.46. The predicted octanol–water partition coefficient (Wildman–Crippen LogP) is 1.76. The Morgan fingerprint density at radius 3 is 2.73 bits per heavy atom. The second-order valence-corrected chi connectivity index (χ2v) is 6.47. The molecule has 0 aromatic heterocycles. The lowest BCUT2D eigenvalue weighted by molar-refractivity contribution is -0.121. The Morgan fingerprint density at radius 2 is 2.00 bits per heavy atom. The van der Waals surface area contributed by atoms with Gasteiger partial charge >= 0.3 is 6.03 Å². The van der Waals surface area contributed by atoms with Gasteiger partial charge in [-0.2, -0.15) is 0 Å². The van der Waals surface area contributed by atoms with Crippen molar-refractivity contribution in [2.45, 2.75) is 20.8 Å². The van der Waals surface area contributed by atoms with Crippen molar-refractivity contribution in [3.8, 4) is 5.75 Å². The van der Waals surface area contributed by atoms with Crippen molar-refractivity contribution in [2.24, 2.45) is 5.41 Å². The molecule has 0 spiro atoms. The fourth-order valence-corrected chi connectivity index (χ4v) is 2.09. The van der Waals surface area contributed by atoms with E-state index in [4.69, 9.17) is 4.74 Å². The third-order valence-electron chi connectivity index (χ3n) is 3.21. The average Bonchev–Trinajstić information content (AvgIpc) is 2.47. The Hall–Kier alpha value is -2.24. The lowest BCUT2D eigenvalue weighted by atomic mass is 9.97. The van der Waals surface area contributed by atoms with Gasteiger partial charge in [-0.1, -0.05) is 32.9 Å². The fourth-order valence-electron chi connectivity index (χ4n) is 2.09. The minimum Gasteiger partial charge on any atom is -0.482 e. The van der Waals surface area contributed by atoms with Crippen molar-refractivity contribution < 1.29 is 14.3 Å². The average molecular weight is 305 g/mol. The highest BCUT2D eigenvalue weighted by Gasteiger charge is 2.24. The number of carbonyl (C=O) groups excluding carboxylic acids is 2. The first-order valence-corrected chi connectivity index (χ1v) is 7.41. The first kappa shape index (κ1) is 16.1. The van der Waals surface area contributed by atoms with Crippen LogP contribution in [0.5, 0.6) is 5.75 Å². The molecule has 0 saturated heterocycles. The molecule has 0 aliphatic carbocycles. The maximum absolute atomic E-state index is 12.0. The Morgan fingerprint density at radius 1 is 1.27 bits per heavy atom. The van der Waals surface area contributed by atoms with Crippen molar-refractivity contribution in [3.05, 3.63) is 24.3 Å². The molecular formula is C16H23N3O3. The second-order valence-electron chi connectivity index (χ2n) is 6.47. The number of nitrogens with zero attached hydrogens (tertiary/aromatic N) is 1. The Bertz CT molecular complexity index is 552. The third kappa shape index (κ3) is 4.38. The van der Waals surface area contributed by atoms with Crippen LogP contribution in [-0.4, -0.2) is 38.2 Å². The smallest absolute Gasteiger partial charge is 0.314 e. The van der Waals surface area contributed by atoms with Gasteiger partial charge in [0.1, 0.15) is 5.75 Å². The van der Waals surface area contributed by atoms with Crippen LogP contribution in [0.15, 0.2) is 24.3 Å². The van der Waals surface area contributed by atoms with Gasteiger partial charge in [-0.05, 0) is 17.5 Å². The van der Waals surface area contributed by atoms with Gasteiger partial charge in [0.15, 0.2) is 6.61 Å². The Balaban J connectivity index is 1.84. The molecule has 0 unspecified atom stereocenters. The van der Waals surface area contributed by atoms with Crippen LogP contribution in [0.25, 0.3) is 0 Å². The summed E-state index contributed by atoms with van der Waals surface area (Å²) < 4.78 is 5.38. The second kappa shape index (κ2) is 6.68. The summed E-state index contributed by atoms with van der Waals surface area (Å²) in [5.74, 6) is 0.592. The molecule has 1 aliphatic heterocycles. The number of carbonyl (C=O) groups is 2. The van der Waals surface area contributed by atoms with E-state index in [9.17, 15) is 9.59 Å². The van der Waals surface area contributed by atoms with E-state index in [1.165, 1.54) is 0 Å². The first-order valence-electron chi connectivity index (χ1n) is 7.41. The fraction of sp³-hybridized carbons (Fsp3) is 0.500. The highest BCUT2D eigenvalue weighted by atomic mass is 16.5. The minimum atomic E-state index is -0.219. The van der Waals surface area contributed by atoms with E-state index in [1.54, 1.807) is 4.90 Å². The number of benzene rings is 1. The van der Waals surface area contributed by atoms with E-state index in [2.05, 4.69) is 31.4 Å². The lowest BCUT2D eigenvalue weighted by Gasteiger charge is -2.29. The SMILES string of the molecule is CC(C)(C)CNC(=O)NCCN1C(=O)COc2ccccc21. The summed E-state index contributed by atoms with van der Waals surface area (Å²) in [4.78, 5) is 25.3. The zero-order chi connectivity index (χ0) is 16.2. The van der Waals surface area contributed by atoms with E-state index < -0.39 is 0 Å². The van der Waals surface area contributed by atoms with Gasteiger partial charge in [-0.3, -0.25) is 4.79 Å². The van der Waals surface area contributed by atoms with Crippen LogP contribution in [0, 0.1) is 5.41 Å². The number of amides is 3. The Kier molecular flexibility index (Phi) is 4.90. The summed E-state index contributed by atoms with van der Waals surface area (Å²) in [5.41, 5.74) is 0.784. The molecule has 0 radical (unpaired) electrons.